The first-order valence-corrected chi connectivity index (χ1v) is 7.72. The lowest BCUT2D eigenvalue weighted by Crippen LogP contribution is -2.32. The Bertz CT molecular complexity index is 536. The number of nitrogens with zero attached hydrogens (tertiary/aromatic N) is 3. The van der Waals surface area contributed by atoms with Crippen molar-refractivity contribution >= 4 is 17.2 Å². The molecular weight excluding hydrogens is 274 g/mol. The molecule has 0 saturated heterocycles. The van der Waals surface area contributed by atoms with E-state index >= 15 is 0 Å². The Kier molecular flexibility index (Phi) is 5.29. The molecule has 0 aliphatic carbocycles. The summed E-state index contributed by atoms with van der Waals surface area (Å²) in [6.07, 6.45) is 2.33. The van der Waals surface area contributed by atoms with E-state index in [9.17, 15) is 4.79 Å². The summed E-state index contributed by atoms with van der Waals surface area (Å²) >= 11 is 1.65. The number of carbonyl (C=O) groups is 1. The Balaban J connectivity index is 2.01. The van der Waals surface area contributed by atoms with Crippen LogP contribution in [0.4, 0.5) is 0 Å². The zero-order chi connectivity index (χ0) is 14.4. The monoisotopic (exact) mass is 293 g/mol. The van der Waals surface area contributed by atoms with Gasteiger partial charge in [0.05, 0.1) is 6.42 Å². The molecule has 0 radical (unpaired) electrons. The fourth-order valence-corrected chi connectivity index (χ4v) is 2.57. The number of unbranched alkanes of at least 4 members (excludes halogenated alkanes) is 1. The van der Waals surface area contributed by atoms with Crippen molar-refractivity contribution in [2.75, 3.05) is 6.54 Å². The zero-order valence-corrected chi connectivity index (χ0v) is 12.7. The van der Waals surface area contributed by atoms with Crippen molar-refractivity contribution in [2.45, 2.75) is 39.7 Å². The molecule has 0 spiro atoms. The first-order valence-electron chi connectivity index (χ1n) is 6.77. The van der Waals surface area contributed by atoms with Gasteiger partial charge in [-0.15, -0.1) is 0 Å². The van der Waals surface area contributed by atoms with Gasteiger partial charge in [-0.1, -0.05) is 23.7 Å². The van der Waals surface area contributed by atoms with Gasteiger partial charge in [-0.2, -0.15) is 11.3 Å². The van der Waals surface area contributed by atoms with Crippen LogP contribution >= 0.6 is 11.3 Å². The lowest BCUT2D eigenvalue weighted by atomic mass is 10.2. The molecule has 108 valence electrons. The van der Waals surface area contributed by atoms with Crippen molar-refractivity contribution in [3.8, 4) is 0 Å². The SMILES string of the molecule is CCCCN(Cc1ccsc1)C(=O)Cc1nonc1C. The Morgan fingerprint density at radius 1 is 1.45 bits per heavy atom. The number of rotatable bonds is 7. The van der Waals surface area contributed by atoms with Crippen LogP contribution in [0.3, 0.4) is 0 Å². The maximum atomic E-state index is 12.4. The maximum absolute atomic E-state index is 12.4. The topological polar surface area (TPSA) is 59.2 Å². The van der Waals surface area contributed by atoms with Gasteiger partial charge in [-0.05, 0) is 35.7 Å². The fraction of sp³-hybridized carbons (Fsp3) is 0.500. The highest BCUT2D eigenvalue weighted by Gasteiger charge is 2.17. The van der Waals surface area contributed by atoms with Crippen LogP contribution < -0.4 is 0 Å². The highest BCUT2D eigenvalue weighted by molar-refractivity contribution is 7.07. The van der Waals surface area contributed by atoms with Gasteiger partial charge in [0.25, 0.3) is 0 Å². The summed E-state index contributed by atoms with van der Waals surface area (Å²) in [5.41, 5.74) is 2.49. The van der Waals surface area contributed by atoms with Gasteiger partial charge < -0.3 is 4.90 Å². The summed E-state index contributed by atoms with van der Waals surface area (Å²) in [7, 11) is 0. The van der Waals surface area contributed by atoms with Crippen LogP contribution in [0.15, 0.2) is 21.5 Å². The predicted octanol–water partition coefficient (Wildman–Crippen LogP) is 2.81. The zero-order valence-electron chi connectivity index (χ0n) is 11.8. The van der Waals surface area contributed by atoms with E-state index in [0.717, 1.165) is 19.4 Å². The summed E-state index contributed by atoms with van der Waals surface area (Å²) in [6, 6.07) is 2.06. The lowest BCUT2D eigenvalue weighted by Gasteiger charge is -2.21. The van der Waals surface area contributed by atoms with Gasteiger partial charge in [-0.25, -0.2) is 4.63 Å². The number of hydrogen-bond acceptors (Lipinski definition) is 5. The van der Waals surface area contributed by atoms with E-state index < -0.39 is 0 Å². The molecule has 6 heteroatoms. The molecule has 0 aliphatic rings. The Morgan fingerprint density at radius 2 is 2.30 bits per heavy atom. The van der Waals surface area contributed by atoms with Gasteiger partial charge in [0.2, 0.25) is 5.91 Å². The third-order valence-corrected chi connectivity index (χ3v) is 3.88. The first kappa shape index (κ1) is 14.7. The molecule has 5 nitrogen and oxygen atoms in total. The van der Waals surface area contributed by atoms with Crippen LogP contribution in [0, 0.1) is 6.92 Å². The van der Waals surface area contributed by atoms with Crippen molar-refractivity contribution < 1.29 is 9.42 Å². The standard InChI is InChI=1S/C14H19N3O2S/c1-3-4-6-17(9-12-5-7-20-10-12)14(18)8-13-11(2)15-19-16-13/h5,7,10H,3-4,6,8-9H2,1-2H3. The molecule has 2 heterocycles. The molecule has 0 N–H and O–H groups in total. The summed E-state index contributed by atoms with van der Waals surface area (Å²) in [5, 5.41) is 11.6. The number of carbonyl (C=O) groups excluding carboxylic acids is 1. The van der Waals surface area contributed by atoms with Crippen LogP contribution in [0.2, 0.25) is 0 Å². The van der Waals surface area contributed by atoms with Crippen LogP contribution in [-0.4, -0.2) is 27.7 Å². The summed E-state index contributed by atoms with van der Waals surface area (Å²) in [5.74, 6) is 0.0726. The van der Waals surface area contributed by atoms with E-state index in [1.165, 1.54) is 5.56 Å². The van der Waals surface area contributed by atoms with Crippen molar-refractivity contribution in [3.63, 3.8) is 0 Å². The number of thiophene rings is 1. The molecule has 2 aromatic heterocycles. The van der Waals surface area contributed by atoms with Crippen LogP contribution in [0.1, 0.15) is 36.7 Å². The average Bonchev–Trinajstić information content (AvgIpc) is 3.07. The van der Waals surface area contributed by atoms with Gasteiger partial charge in [0.15, 0.2) is 0 Å². The number of aromatic nitrogens is 2. The van der Waals surface area contributed by atoms with Crippen molar-refractivity contribution in [3.05, 3.63) is 33.8 Å². The third-order valence-electron chi connectivity index (χ3n) is 3.15. The summed E-state index contributed by atoms with van der Waals surface area (Å²) in [6.45, 7) is 5.36. The Labute approximate surface area is 122 Å². The van der Waals surface area contributed by atoms with Crippen LogP contribution in [0.25, 0.3) is 0 Å². The fourth-order valence-electron chi connectivity index (χ4n) is 1.91. The van der Waals surface area contributed by atoms with Crippen molar-refractivity contribution in [2.24, 2.45) is 0 Å². The predicted molar refractivity (Wildman–Crippen MR) is 77.4 cm³/mol. The average molecular weight is 293 g/mol. The maximum Gasteiger partial charge on any atom is 0.229 e. The lowest BCUT2D eigenvalue weighted by molar-refractivity contribution is -0.131. The van der Waals surface area contributed by atoms with E-state index in [0.29, 0.717) is 17.9 Å². The van der Waals surface area contributed by atoms with Crippen LogP contribution in [0.5, 0.6) is 0 Å². The highest BCUT2D eigenvalue weighted by Crippen LogP contribution is 2.12. The van der Waals surface area contributed by atoms with Crippen molar-refractivity contribution in [1.29, 1.82) is 0 Å². The second kappa shape index (κ2) is 7.19. The number of amides is 1. The normalized spacial score (nSPS) is 10.7. The van der Waals surface area contributed by atoms with E-state index in [4.69, 9.17) is 0 Å². The van der Waals surface area contributed by atoms with Gasteiger partial charge in [0.1, 0.15) is 11.4 Å². The van der Waals surface area contributed by atoms with E-state index in [-0.39, 0.29) is 12.3 Å². The Hall–Kier alpha value is -1.69. The largest absolute Gasteiger partial charge is 0.338 e. The molecule has 20 heavy (non-hydrogen) atoms. The Morgan fingerprint density at radius 3 is 2.90 bits per heavy atom. The van der Waals surface area contributed by atoms with E-state index in [2.05, 4.69) is 33.3 Å². The molecular formula is C14H19N3O2S. The van der Waals surface area contributed by atoms with E-state index in [1.807, 2.05) is 10.3 Å². The highest BCUT2D eigenvalue weighted by atomic mass is 32.1. The second-order valence-electron chi connectivity index (χ2n) is 4.77. The first-order chi connectivity index (χ1) is 9.70. The molecule has 1 amide bonds. The summed E-state index contributed by atoms with van der Waals surface area (Å²) < 4.78 is 4.64. The number of aryl methyl sites for hydroxylation is 1. The van der Waals surface area contributed by atoms with E-state index in [1.54, 1.807) is 18.3 Å². The summed E-state index contributed by atoms with van der Waals surface area (Å²) in [4.78, 5) is 14.3. The molecule has 0 bridgehead atoms. The molecule has 2 aromatic rings. The smallest absolute Gasteiger partial charge is 0.229 e. The van der Waals surface area contributed by atoms with Gasteiger partial charge in [0, 0.05) is 13.1 Å². The molecule has 0 saturated carbocycles. The molecule has 0 fully saturated rings. The molecule has 0 aromatic carbocycles. The minimum Gasteiger partial charge on any atom is -0.338 e. The minimum absolute atomic E-state index is 0.0726. The molecule has 2 rings (SSSR count). The molecule has 0 unspecified atom stereocenters. The van der Waals surface area contributed by atoms with Crippen molar-refractivity contribution in [1.82, 2.24) is 15.2 Å². The third kappa shape index (κ3) is 3.90. The van der Waals surface area contributed by atoms with Crippen LogP contribution in [-0.2, 0) is 17.8 Å². The molecule has 0 aliphatic heterocycles. The van der Waals surface area contributed by atoms with Gasteiger partial charge >= 0.3 is 0 Å². The molecule has 0 atom stereocenters. The number of hydrogen-bond donors (Lipinski definition) is 0. The quantitative estimate of drug-likeness (QED) is 0.787. The van der Waals surface area contributed by atoms with Gasteiger partial charge in [-0.3, -0.25) is 4.79 Å². The second-order valence-corrected chi connectivity index (χ2v) is 5.55. The minimum atomic E-state index is 0.0726.